The van der Waals surface area contributed by atoms with Crippen LogP contribution in [0.25, 0.3) is 10.8 Å². The zero-order valence-electron chi connectivity index (χ0n) is 13.0. The highest BCUT2D eigenvalue weighted by Crippen LogP contribution is 2.28. The van der Waals surface area contributed by atoms with E-state index >= 15 is 0 Å². The van der Waals surface area contributed by atoms with E-state index in [0.717, 1.165) is 5.56 Å². The van der Waals surface area contributed by atoms with Gasteiger partial charge in [0, 0.05) is 5.69 Å². The number of rotatable bonds is 4. The predicted octanol–water partition coefficient (Wildman–Crippen LogP) is 3.03. The molecule has 0 saturated heterocycles. The Hall–Kier alpha value is -2.90. The van der Waals surface area contributed by atoms with E-state index in [-0.39, 0.29) is 12.2 Å². The highest BCUT2D eigenvalue weighted by atomic mass is 32.2. The van der Waals surface area contributed by atoms with E-state index in [1.165, 1.54) is 18.2 Å². The zero-order chi connectivity index (χ0) is 18.0. The summed E-state index contributed by atoms with van der Waals surface area (Å²) in [4.78, 5) is 12.1. The molecule has 3 rings (SSSR count). The highest BCUT2D eigenvalue weighted by Gasteiger charge is 2.24. The number of nitrogen functional groups attached to an aromatic ring is 1. The van der Waals surface area contributed by atoms with Gasteiger partial charge in [-0.05, 0) is 34.5 Å². The molecule has 0 fully saturated rings. The first-order chi connectivity index (χ1) is 11.9. The smallest absolute Gasteiger partial charge is 0.340 e. The molecule has 0 aliphatic heterocycles. The first-order valence-electron chi connectivity index (χ1n) is 7.37. The summed E-state index contributed by atoms with van der Waals surface area (Å²) in [5, 5.41) is 0.904. The molecule has 6 nitrogen and oxygen atoms in total. The SMILES string of the molecule is Nc1ccc2ccc(S(=O)(=O)O)c(C(=O)OCc3ccccc3)c2c1. The summed E-state index contributed by atoms with van der Waals surface area (Å²) >= 11 is 0. The molecule has 3 aromatic carbocycles. The minimum Gasteiger partial charge on any atom is -0.457 e. The van der Waals surface area contributed by atoms with Gasteiger partial charge in [0.2, 0.25) is 0 Å². The molecule has 25 heavy (non-hydrogen) atoms. The van der Waals surface area contributed by atoms with Gasteiger partial charge in [-0.25, -0.2) is 4.79 Å². The molecule has 0 aliphatic rings. The normalized spacial score (nSPS) is 11.4. The third-order valence-corrected chi connectivity index (χ3v) is 4.60. The Balaban J connectivity index is 2.08. The third kappa shape index (κ3) is 3.62. The number of ether oxygens (including phenoxy) is 1. The summed E-state index contributed by atoms with van der Waals surface area (Å²) in [6, 6.07) is 16.4. The Morgan fingerprint density at radius 2 is 1.72 bits per heavy atom. The molecule has 3 N–H and O–H groups in total. The van der Waals surface area contributed by atoms with Crippen molar-refractivity contribution in [3.8, 4) is 0 Å². The van der Waals surface area contributed by atoms with E-state index in [4.69, 9.17) is 10.5 Å². The van der Waals surface area contributed by atoms with E-state index < -0.39 is 21.0 Å². The van der Waals surface area contributed by atoms with Gasteiger partial charge in [0.25, 0.3) is 10.1 Å². The number of hydrogen-bond acceptors (Lipinski definition) is 5. The Bertz CT molecular complexity index is 1050. The van der Waals surface area contributed by atoms with Crippen LogP contribution in [-0.2, 0) is 21.5 Å². The monoisotopic (exact) mass is 357 g/mol. The van der Waals surface area contributed by atoms with E-state index in [0.29, 0.717) is 16.5 Å². The Morgan fingerprint density at radius 1 is 1.04 bits per heavy atom. The fourth-order valence-electron chi connectivity index (χ4n) is 2.54. The van der Waals surface area contributed by atoms with Crippen molar-refractivity contribution in [1.82, 2.24) is 0 Å². The number of carbonyl (C=O) groups is 1. The molecule has 0 aromatic heterocycles. The molecule has 0 atom stereocenters. The topological polar surface area (TPSA) is 107 Å². The lowest BCUT2D eigenvalue weighted by Gasteiger charge is -2.12. The fourth-order valence-corrected chi connectivity index (χ4v) is 3.23. The van der Waals surface area contributed by atoms with Crippen molar-refractivity contribution in [3.05, 3.63) is 71.8 Å². The van der Waals surface area contributed by atoms with Gasteiger partial charge in [-0.1, -0.05) is 42.5 Å². The maximum atomic E-state index is 12.6. The molecule has 0 saturated carbocycles. The average Bonchev–Trinajstić information content (AvgIpc) is 2.58. The molecule has 0 spiro atoms. The van der Waals surface area contributed by atoms with Crippen molar-refractivity contribution >= 4 is 32.5 Å². The van der Waals surface area contributed by atoms with Crippen LogP contribution in [0.4, 0.5) is 5.69 Å². The summed E-state index contributed by atoms with van der Waals surface area (Å²) < 4.78 is 38.1. The molecule has 0 aliphatic carbocycles. The van der Waals surface area contributed by atoms with Crippen molar-refractivity contribution in [3.63, 3.8) is 0 Å². The maximum Gasteiger partial charge on any atom is 0.340 e. The Kier molecular flexibility index (Phi) is 4.43. The van der Waals surface area contributed by atoms with E-state index in [1.807, 2.05) is 6.07 Å². The van der Waals surface area contributed by atoms with Gasteiger partial charge in [-0.3, -0.25) is 4.55 Å². The summed E-state index contributed by atoms with van der Waals surface area (Å²) in [5.74, 6) is -0.854. The Labute approximate surface area is 144 Å². The Morgan fingerprint density at radius 3 is 2.40 bits per heavy atom. The zero-order valence-corrected chi connectivity index (χ0v) is 13.9. The van der Waals surface area contributed by atoms with Crippen LogP contribution in [0.5, 0.6) is 0 Å². The molecular weight excluding hydrogens is 342 g/mol. The van der Waals surface area contributed by atoms with Crippen molar-refractivity contribution < 1.29 is 22.5 Å². The number of esters is 1. The van der Waals surface area contributed by atoms with Gasteiger partial charge < -0.3 is 10.5 Å². The van der Waals surface area contributed by atoms with Crippen LogP contribution < -0.4 is 5.73 Å². The quantitative estimate of drug-likeness (QED) is 0.422. The van der Waals surface area contributed by atoms with Crippen LogP contribution in [0.2, 0.25) is 0 Å². The fraction of sp³-hybridized carbons (Fsp3) is 0.0556. The predicted molar refractivity (Wildman–Crippen MR) is 93.7 cm³/mol. The number of anilines is 1. The van der Waals surface area contributed by atoms with Crippen molar-refractivity contribution in [2.75, 3.05) is 5.73 Å². The highest BCUT2D eigenvalue weighted by molar-refractivity contribution is 7.86. The van der Waals surface area contributed by atoms with Crippen LogP contribution in [0.3, 0.4) is 0 Å². The van der Waals surface area contributed by atoms with Crippen LogP contribution >= 0.6 is 0 Å². The van der Waals surface area contributed by atoms with E-state index in [9.17, 15) is 17.8 Å². The number of carbonyl (C=O) groups excluding carboxylic acids is 1. The second-order valence-corrected chi connectivity index (χ2v) is 6.85. The number of benzene rings is 3. The van der Waals surface area contributed by atoms with Crippen LogP contribution in [0.15, 0.2) is 65.6 Å². The molecule has 0 amide bonds. The lowest BCUT2D eigenvalue weighted by molar-refractivity contribution is 0.0470. The minimum atomic E-state index is -4.61. The summed E-state index contributed by atoms with van der Waals surface area (Å²) in [6.45, 7) is -0.0245. The lowest BCUT2D eigenvalue weighted by atomic mass is 10.0. The van der Waals surface area contributed by atoms with Crippen LogP contribution in [-0.4, -0.2) is 18.9 Å². The maximum absolute atomic E-state index is 12.6. The molecular formula is C18H15NO5S. The lowest BCUT2D eigenvalue weighted by Crippen LogP contribution is -2.12. The summed E-state index contributed by atoms with van der Waals surface area (Å²) in [6.07, 6.45) is 0. The molecule has 0 bridgehead atoms. The van der Waals surface area contributed by atoms with Gasteiger partial charge in [0.15, 0.2) is 0 Å². The molecule has 0 radical (unpaired) electrons. The molecule has 0 heterocycles. The summed E-state index contributed by atoms with van der Waals surface area (Å²) in [5.41, 5.74) is 6.63. The largest absolute Gasteiger partial charge is 0.457 e. The average molecular weight is 357 g/mol. The first-order valence-corrected chi connectivity index (χ1v) is 8.81. The number of nitrogens with two attached hydrogens (primary N) is 1. The molecule has 3 aromatic rings. The van der Waals surface area contributed by atoms with Gasteiger partial charge in [0.05, 0.1) is 5.56 Å². The first kappa shape index (κ1) is 16.9. The van der Waals surface area contributed by atoms with Crippen molar-refractivity contribution in [2.24, 2.45) is 0 Å². The van der Waals surface area contributed by atoms with E-state index in [2.05, 4.69) is 0 Å². The second-order valence-electron chi connectivity index (χ2n) is 5.46. The standard InChI is InChI=1S/C18H15NO5S/c19-14-8-6-13-7-9-16(25(21,22)23)17(15(13)10-14)18(20)24-11-12-4-2-1-3-5-12/h1-10H,11,19H2,(H,21,22,23). The van der Waals surface area contributed by atoms with Gasteiger partial charge >= 0.3 is 5.97 Å². The molecule has 7 heteroatoms. The number of fused-ring (bicyclic) bond motifs is 1. The second kappa shape index (κ2) is 6.54. The van der Waals surface area contributed by atoms with Crippen molar-refractivity contribution in [1.29, 1.82) is 0 Å². The molecule has 0 unspecified atom stereocenters. The third-order valence-electron chi connectivity index (χ3n) is 3.70. The molecule has 128 valence electrons. The van der Waals surface area contributed by atoms with E-state index in [1.54, 1.807) is 36.4 Å². The summed E-state index contributed by atoms with van der Waals surface area (Å²) in [7, 11) is -4.61. The van der Waals surface area contributed by atoms with Crippen LogP contribution in [0, 0.1) is 0 Å². The number of hydrogen-bond donors (Lipinski definition) is 2. The van der Waals surface area contributed by atoms with Gasteiger partial charge in [0.1, 0.15) is 11.5 Å². The van der Waals surface area contributed by atoms with Gasteiger partial charge in [-0.2, -0.15) is 8.42 Å². The van der Waals surface area contributed by atoms with Gasteiger partial charge in [-0.15, -0.1) is 0 Å². The van der Waals surface area contributed by atoms with Crippen LogP contribution in [0.1, 0.15) is 15.9 Å². The van der Waals surface area contributed by atoms with Crippen molar-refractivity contribution in [2.45, 2.75) is 11.5 Å². The minimum absolute atomic E-state index is 0.0245.